The van der Waals surface area contributed by atoms with E-state index in [1.54, 1.807) is 24.3 Å². The predicted molar refractivity (Wildman–Crippen MR) is 103 cm³/mol. The molecule has 0 spiro atoms. The largest absolute Gasteiger partial charge is 0.322 e. The predicted octanol–water partition coefficient (Wildman–Crippen LogP) is 4.53. The minimum Gasteiger partial charge on any atom is -0.322 e. The summed E-state index contributed by atoms with van der Waals surface area (Å²) >= 11 is 5.79. The van der Waals surface area contributed by atoms with Gasteiger partial charge in [0, 0.05) is 16.3 Å². The number of hydrogen-bond acceptors (Lipinski definition) is 3. The number of hydrogen-bond donors (Lipinski definition) is 2. The molecule has 0 heterocycles. The topological polar surface area (TPSA) is 75.3 Å². The second-order valence-corrected chi connectivity index (χ2v) is 7.69. The standard InChI is InChI=1S/C19H14ClFN2O3S/c20-14-7-9-15(10-8-14)22-19(24)13-5-11-16(12-6-13)27(25,26)23-18-4-2-1-3-17(18)21/h1-12,23H,(H,22,24). The van der Waals surface area contributed by atoms with Crippen LogP contribution in [-0.4, -0.2) is 14.3 Å². The Morgan fingerprint density at radius 2 is 1.52 bits per heavy atom. The van der Waals surface area contributed by atoms with Gasteiger partial charge >= 0.3 is 0 Å². The lowest BCUT2D eigenvalue weighted by Gasteiger charge is -2.10. The van der Waals surface area contributed by atoms with Gasteiger partial charge in [0.1, 0.15) is 5.82 Å². The molecule has 1 amide bonds. The fourth-order valence-corrected chi connectivity index (χ4v) is 3.46. The summed E-state index contributed by atoms with van der Waals surface area (Å²) in [5.74, 6) is -1.08. The van der Waals surface area contributed by atoms with E-state index >= 15 is 0 Å². The summed E-state index contributed by atoms with van der Waals surface area (Å²) in [7, 11) is -3.98. The normalized spacial score (nSPS) is 11.0. The number of carbonyl (C=O) groups excluding carboxylic acids is 1. The van der Waals surface area contributed by atoms with Crippen molar-refractivity contribution >= 4 is 38.9 Å². The van der Waals surface area contributed by atoms with Gasteiger partial charge in [-0.15, -0.1) is 0 Å². The average molecular weight is 405 g/mol. The van der Waals surface area contributed by atoms with Gasteiger partial charge in [-0.25, -0.2) is 12.8 Å². The van der Waals surface area contributed by atoms with Crippen LogP contribution in [0.25, 0.3) is 0 Å². The SMILES string of the molecule is O=C(Nc1ccc(Cl)cc1)c1ccc(S(=O)(=O)Nc2ccccc2F)cc1. The zero-order valence-electron chi connectivity index (χ0n) is 13.8. The number of benzene rings is 3. The van der Waals surface area contributed by atoms with Crippen molar-refractivity contribution in [1.82, 2.24) is 0 Å². The summed E-state index contributed by atoms with van der Waals surface area (Å²) in [5.41, 5.74) is 0.680. The molecule has 0 aliphatic heterocycles. The number of halogens is 2. The van der Waals surface area contributed by atoms with Gasteiger partial charge < -0.3 is 5.32 Å². The number of anilines is 2. The lowest BCUT2D eigenvalue weighted by Crippen LogP contribution is -2.15. The van der Waals surface area contributed by atoms with Gasteiger partial charge in [0.2, 0.25) is 0 Å². The van der Waals surface area contributed by atoms with Gasteiger partial charge in [0.05, 0.1) is 10.6 Å². The second-order valence-electron chi connectivity index (χ2n) is 5.57. The van der Waals surface area contributed by atoms with Crippen molar-refractivity contribution in [2.24, 2.45) is 0 Å². The Kier molecular flexibility index (Phi) is 5.43. The first kappa shape index (κ1) is 18.9. The van der Waals surface area contributed by atoms with Crippen molar-refractivity contribution < 1.29 is 17.6 Å². The summed E-state index contributed by atoms with van der Waals surface area (Å²) < 4.78 is 40.6. The number of nitrogens with one attached hydrogen (secondary N) is 2. The van der Waals surface area contributed by atoms with Gasteiger partial charge in [-0.1, -0.05) is 23.7 Å². The molecule has 0 fully saturated rings. The Balaban J connectivity index is 1.75. The van der Waals surface area contributed by atoms with E-state index in [2.05, 4.69) is 10.0 Å². The van der Waals surface area contributed by atoms with E-state index < -0.39 is 21.7 Å². The maximum Gasteiger partial charge on any atom is 0.261 e. The van der Waals surface area contributed by atoms with Crippen LogP contribution < -0.4 is 10.0 Å². The van der Waals surface area contributed by atoms with E-state index in [0.717, 1.165) is 6.07 Å². The molecule has 3 aromatic rings. The van der Waals surface area contributed by atoms with Crippen LogP contribution in [0.1, 0.15) is 10.4 Å². The fourth-order valence-electron chi connectivity index (χ4n) is 2.27. The number of sulfonamides is 1. The molecular weight excluding hydrogens is 391 g/mol. The van der Waals surface area contributed by atoms with E-state index in [9.17, 15) is 17.6 Å². The Morgan fingerprint density at radius 3 is 2.15 bits per heavy atom. The van der Waals surface area contributed by atoms with Crippen LogP contribution in [-0.2, 0) is 10.0 Å². The maximum absolute atomic E-state index is 13.6. The highest BCUT2D eigenvalue weighted by atomic mass is 35.5. The van der Waals surface area contributed by atoms with Crippen LogP contribution >= 0.6 is 11.6 Å². The summed E-state index contributed by atoms with van der Waals surface area (Å²) in [5, 5.41) is 3.22. The number of para-hydroxylation sites is 1. The van der Waals surface area contributed by atoms with Crippen molar-refractivity contribution in [2.75, 3.05) is 10.0 Å². The first-order valence-electron chi connectivity index (χ1n) is 7.79. The first-order chi connectivity index (χ1) is 12.8. The number of rotatable bonds is 5. The quantitative estimate of drug-likeness (QED) is 0.655. The third-order valence-corrected chi connectivity index (χ3v) is 5.28. The molecule has 0 unspecified atom stereocenters. The molecule has 0 saturated carbocycles. The Labute approximate surface area is 160 Å². The smallest absolute Gasteiger partial charge is 0.261 e. The molecule has 27 heavy (non-hydrogen) atoms. The van der Waals surface area contributed by atoms with Gasteiger partial charge in [0.25, 0.3) is 15.9 Å². The Hall–Kier alpha value is -2.90. The molecular formula is C19H14ClFN2O3S. The summed E-state index contributed by atoms with van der Waals surface area (Å²) in [6.07, 6.45) is 0. The van der Waals surface area contributed by atoms with E-state index in [-0.39, 0.29) is 16.1 Å². The fraction of sp³-hybridized carbons (Fsp3) is 0. The van der Waals surface area contributed by atoms with Crippen LogP contribution in [0.3, 0.4) is 0 Å². The molecule has 0 aromatic heterocycles. The van der Waals surface area contributed by atoms with Crippen molar-refractivity contribution in [3.05, 3.63) is 89.2 Å². The zero-order valence-corrected chi connectivity index (χ0v) is 15.4. The monoisotopic (exact) mass is 404 g/mol. The third-order valence-electron chi connectivity index (χ3n) is 3.65. The minimum atomic E-state index is -3.98. The van der Waals surface area contributed by atoms with E-state index in [1.165, 1.54) is 42.5 Å². The number of amides is 1. The van der Waals surface area contributed by atoms with Crippen molar-refractivity contribution in [3.8, 4) is 0 Å². The van der Waals surface area contributed by atoms with Crippen LogP contribution in [0.4, 0.5) is 15.8 Å². The first-order valence-corrected chi connectivity index (χ1v) is 9.65. The van der Waals surface area contributed by atoms with Crippen LogP contribution in [0.2, 0.25) is 5.02 Å². The average Bonchev–Trinajstić information content (AvgIpc) is 2.65. The lowest BCUT2D eigenvalue weighted by atomic mass is 10.2. The van der Waals surface area contributed by atoms with Crippen molar-refractivity contribution in [2.45, 2.75) is 4.90 Å². The van der Waals surface area contributed by atoms with Gasteiger partial charge in [0.15, 0.2) is 0 Å². The van der Waals surface area contributed by atoms with Gasteiger partial charge in [-0.2, -0.15) is 0 Å². The third kappa shape index (κ3) is 4.64. The molecule has 3 rings (SSSR count). The van der Waals surface area contributed by atoms with E-state index in [0.29, 0.717) is 10.7 Å². The van der Waals surface area contributed by atoms with Crippen LogP contribution in [0.15, 0.2) is 77.7 Å². The minimum absolute atomic E-state index is 0.0891. The van der Waals surface area contributed by atoms with Crippen molar-refractivity contribution in [1.29, 1.82) is 0 Å². The summed E-state index contributed by atoms with van der Waals surface area (Å²) in [4.78, 5) is 12.1. The molecule has 0 aliphatic carbocycles. The molecule has 3 aromatic carbocycles. The molecule has 5 nitrogen and oxygen atoms in total. The molecule has 0 atom stereocenters. The maximum atomic E-state index is 13.6. The highest BCUT2D eigenvalue weighted by Gasteiger charge is 2.17. The zero-order chi connectivity index (χ0) is 19.4. The van der Waals surface area contributed by atoms with Crippen LogP contribution in [0.5, 0.6) is 0 Å². The summed E-state index contributed by atoms with van der Waals surface area (Å²) in [6.45, 7) is 0. The molecule has 0 bridgehead atoms. The van der Waals surface area contributed by atoms with Gasteiger partial charge in [-0.05, 0) is 60.7 Å². The van der Waals surface area contributed by atoms with Gasteiger partial charge in [-0.3, -0.25) is 9.52 Å². The highest BCUT2D eigenvalue weighted by molar-refractivity contribution is 7.92. The molecule has 2 N–H and O–H groups in total. The number of carbonyl (C=O) groups is 1. The Bertz CT molecular complexity index is 1070. The molecule has 0 aliphatic rings. The lowest BCUT2D eigenvalue weighted by molar-refractivity contribution is 0.102. The van der Waals surface area contributed by atoms with E-state index in [4.69, 9.17) is 11.6 Å². The molecule has 138 valence electrons. The molecule has 0 radical (unpaired) electrons. The Morgan fingerprint density at radius 1 is 0.889 bits per heavy atom. The molecule has 0 saturated heterocycles. The van der Waals surface area contributed by atoms with Crippen LogP contribution in [0, 0.1) is 5.82 Å². The highest BCUT2D eigenvalue weighted by Crippen LogP contribution is 2.20. The van der Waals surface area contributed by atoms with E-state index in [1.807, 2.05) is 0 Å². The van der Waals surface area contributed by atoms with Crippen molar-refractivity contribution in [3.63, 3.8) is 0 Å². The second kappa shape index (κ2) is 7.77. The molecule has 8 heteroatoms. The summed E-state index contributed by atoms with van der Waals surface area (Å²) in [6, 6.07) is 17.3.